The van der Waals surface area contributed by atoms with Crippen molar-refractivity contribution in [2.24, 2.45) is 11.6 Å². The molecule has 2 unspecified atom stereocenters. The van der Waals surface area contributed by atoms with Crippen molar-refractivity contribution < 1.29 is 19.5 Å². The highest BCUT2D eigenvalue weighted by Gasteiger charge is 2.39. The van der Waals surface area contributed by atoms with E-state index in [1.165, 1.54) is 0 Å². The minimum absolute atomic E-state index is 0.0000387. The number of imide groups is 1. The van der Waals surface area contributed by atoms with E-state index < -0.39 is 29.1 Å². The number of carboxylic acid groups (broad SMARTS) is 1. The second-order valence-electron chi connectivity index (χ2n) is 3.17. The second kappa shape index (κ2) is 5.25. The van der Waals surface area contributed by atoms with Crippen LogP contribution in [0.1, 0.15) is 6.42 Å². The molecule has 90 valence electrons. The van der Waals surface area contributed by atoms with Crippen LogP contribution in [0, 0.1) is 0 Å². The van der Waals surface area contributed by atoms with Crippen molar-refractivity contribution in [3.05, 3.63) is 0 Å². The summed E-state index contributed by atoms with van der Waals surface area (Å²) in [6.07, 6.45) is 0.0000387. The number of hydrogen-bond acceptors (Lipinski definition) is 7. The summed E-state index contributed by atoms with van der Waals surface area (Å²) in [5.41, 5.74) is 7.25. The van der Waals surface area contributed by atoms with Crippen LogP contribution in [-0.2, 0) is 14.4 Å². The van der Waals surface area contributed by atoms with Gasteiger partial charge in [0.15, 0.2) is 0 Å². The Morgan fingerprint density at radius 3 is 2.75 bits per heavy atom. The van der Waals surface area contributed by atoms with Crippen molar-refractivity contribution in [2.45, 2.75) is 17.7 Å². The highest BCUT2D eigenvalue weighted by atomic mass is 32.2. The summed E-state index contributed by atoms with van der Waals surface area (Å²) in [5, 5.41) is 8.63. The molecule has 0 saturated carbocycles. The Balaban J connectivity index is 2.48. The number of nitrogens with one attached hydrogen (secondary N) is 1. The number of aliphatic carboxylic acids is 1. The Morgan fingerprint density at radius 2 is 2.31 bits per heavy atom. The quantitative estimate of drug-likeness (QED) is 0.241. The van der Waals surface area contributed by atoms with Crippen LogP contribution >= 0.6 is 11.8 Å². The van der Waals surface area contributed by atoms with Crippen molar-refractivity contribution >= 4 is 29.5 Å². The number of carbonyl (C=O) groups excluding carboxylic acids is 2. The van der Waals surface area contributed by atoms with Gasteiger partial charge in [0.2, 0.25) is 5.91 Å². The zero-order valence-electron chi connectivity index (χ0n) is 8.25. The van der Waals surface area contributed by atoms with Gasteiger partial charge in [-0.2, -0.15) is 10.5 Å². The first-order valence-electron chi connectivity index (χ1n) is 4.40. The lowest BCUT2D eigenvalue weighted by Gasteiger charge is -2.12. The van der Waals surface area contributed by atoms with E-state index in [1.54, 1.807) is 0 Å². The number of carboxylic acids is 1. The lowest BCUT2D eigenvalue weighted by Crippen LogP contribution is -2.47. The maximum Gasteiger partial charge on any atom is 0.321 e. The van der Waals surface area contributed by atoms with Gasteiger partial charge in [-0.3, -0.25) is 20.2 Å². The summed E-state index contributed by atoms with van der Waals surface area (Å²) < 4.78 is 0. The largest absolute Gasteiger partial charge is 0.480 e. The maximum absolute atomic E-state index is 11.5. The van der Waals surface area contributed by atoms with Crippen molar-refractivity contribution in [1.82, 2.24) is 10.5 Å². The predicted molar refractivity (Wildman–Crippen MR) is 55.7 cm³/mol. The normalized spacial score (nSPS) is 22.6. The van der Waals surface area contributed by atoms with E-state index in [0.29, 0.717) is 5.01 Å². The third-order valence-corrected chi connectivity index (χ3v) is 3.35. The molecule has 2 amide bonds. The third-order valence-electron chi connectivity index (χ3n) is 2.03. The van der Waals surface area contributed by atoms with Gasteiger partial charge in [-0.1, -0.05) is 0 Å². The molecule has 0 radical (unpaired) electrons. The zero-order chi connectivity index (χ0) is 12.3. The summed E-state index contributed by atoms with van der Waals surface area (Å²) >= 11 is 1.04. The number of rotatable bonds is 5. The Morgan fingerprint density at radius 1 is 1.69 bits per heavy atom. The van der Waals surface area contributed by atoms with Gasteiger partial charge in [0.05, 0.1) is 5.25 Å². The topological polar surface area (TPSA) is 139 Å². The second-order valence-corrected chi connectivity index (χ2v) is 4.40. The Labute approximate surface area is 95.3 Å². The standard InChI is InChI=1S/C7H12N4O4S/c8-3(7(14)15)2-16-4-1-5(12)11(10-9)6(4)13/h3-4,10H,1-2,8-9H2,(H,14,15). The number of nitrogens with two attached hydrogens (primary N) is 2. The number of amides is 2. The molecule has 1 aliphatic heterocycles. The first kappa shape index (κ1) is 12.9. The van der Waals surface area contributed by atoms with Crippen molar-refractivity contribution in [3.63, 3.8) is 0 Å². The summed E-state index contributed by atoms with van der Waals surface area (Å²) in [5.74, 6) is 3.00. The van der Waals surface area contributed by atoms with Crippen molar-refractivity contribution in [1.29, 1.82) is 0 Å². The van der Waals surface area contributed by atoms with Crippen LogP contribution in [0.3, 0.4) is 0 Å². The van der Waals surface area contributed by atoms with Crippen LogP contribution in [0.5, 0.6) is 0 Å². The average Bonchev–Trinajstić information content (AvgIpc) is 2.50. The zero-order valence-corrected chi connectivity index (χ0v) is 9.07. The van der Waals surface area contributed by atoms with E-state index in [-0.39, 0.29) is 12.2 Å². The van der Waals surface area contributed by atoms with Gasteiger partial charge in [0.1, 0.15) is 6.04 Å². The molecule has 2 atom stereocenters. The van der Waals surface area contributed by atoms with Gasteiger partial charge in [0, 0.05) is 12.2 Å². The fourth-order valence-electron chi connectivity index (χ4n) is 1.16. The SMILES string of the molecule is NNN1C(=O)CC(SCC(N)C(=O)O)C1=O. The first-order chi connectivity index (χ1) is 7.47. The fraction of sp³-hybridized carbons (Fsp3) is 0.571. The lowest BCUT2D eigenvalue weighted by molar-refractivity contribution is -0.142. The third kappa shape index (κ3) is 2.70. The molecule has 0 aromatic heterocycles. The summed E-state index contributed by atoms with van der Waals surface area (Å²) in [6, 6.07) is -1.05. The highest BCUT2D eigenvalue weighted by Crippen LogP contribution is 2.23. The molecule has 1 saturated heterocycles. The van der Waals surface area contributed by atoms with Crippen LogP contribution in [0.4, 0.5) is 0 Å². The number of thioether (sulfide) groups is 1. The smallest absolute Gasteiger partial charge is 0.321 e. The van der Waals surface area contributed by atoms with Crippen LogP contribution in [0.25, 0.3) is 0 Å². The van der Waals surface area contributed by atoms with E-state index in [9.17, 15) is 14.4 Å². The molecule has 1 heterocycles. The lowest BCUT2D eigenvalue weighted by atomic mass is 10.3. The molecule has 0 aliphatic carbocycles. The molecule has 1 aliphatic rings. The van der Waals surface area contributed by atoms with E-state index in [1.807, 2.05) is 5.53 Å². The predicted octanol–water partition coefficient (Wildman–Crippen LogP) is -2.36. The maximum atomic E-state index is 11.5. The number of hydrogen-bond donors (Lipinski definition) is 4. The molecule has 0 bridgehead atoms. The van der Waals surface area contributed by atoms with Crippen molar-refractivity contribution in [3.8, 4) is 0 Å². The molecule has 6 N–H and O–H groups in total. The first-order valence-corrected chi connectivity index (χ1v) is 5.45. The minimum atomic E-state index is -1.14. The van der Waals surface area contributed by atoms with Crippen LogP contribution in [0.2, 0.25) is 0 Å². The van der Waals surface area contributed by atoms with E-state index in [4.69, 9.17) is 16.7 Å². The molecule has 0 spiro atoms. The number of hydrazine groups is 2. The van der Waals surface area contributed by atoms with Gasteiger partial charge in [-0.25, -0.2) is 0 Å². The van der Waals surface area contributed by atoms with Gasteiger partial charge < -0.3 is 10.8 Å². The summed E-state index contributed by atoms with van der Waals surface area (Å²) in [6.45, 7) is 0. The van der Waals surface area contributed by atoms with Gasteiger partial charge in [-0.15, -0.1) is 11.8 Å². The van der Waals surface area contributed by atoms with Gasteiger partial charge >= 0.3 is 5.97 Å². The van der Waals surface area contributed by atoms with Crippen LogP contribution < -0.4 is 17.1 Å². The minimum Gasteiger partial charge on any atom is -0.480 e. The van der Waals surface area contributed by atoms with Gasteiger partial charge in [0.25, 0.3) is 5.91 Å². The van der Waals surface area contributed by atoms with Crippen LogP contribution in [-0.4, -0.2) is 44.9 Å². The summed E-state index contributed by atoms with van der Waals surface area (Å²) in [7, 11) is 0. The molecule has 0 aromatic carbocycles. The molecule has 1 rings (SSSR count). The molecule has 9 heteroatoms. The Hall–Kier alpha value is -1.16. The average molecular weight is 248 g/mol. The molecule has 0 aromatic rings. The van der Waals surface area contributed by atoms with E-state index >= 15 is 0 Å². The monoisotopic (exact) mass is 248 g/mol. The molecule has 16 heavy (non-hydrogen) atoms. The van der Waals surface area contributed by atoms with Crippen molar-refractivity contribution in [2.75, 3.05) is 5.75 Å². The number of nitrogens with zero attached hydrogens (tertiary/aromatic N) is 1. The van der Waals surface area contributed by atoms with Gasteiger partial charge in [-0.05, 0) is 0 Å². The fourth-order valence-corrected chi connectivity index (χ4v) is 2.25. The molecular formula is C7H12N4O4S. The molecular weight excluding hydrogens is 236 g/mol. The Bertz CT molecular complexity index is 324. The number of carbonyl (C=O) groups is 3. The molecule has 1 fully saturated rings. The highest BCUT2D eigenvalue weighted by molar-refractivity contribution is 8.00. The van der Waals surface area contributed by atoms with E-state index in [2.05, 4.69) is 0 Å². The van der Waals surface area contributed by atoms with Crippen LogP contribution in [0.15, 0.2) is 0 Å². The Kier molecular flexibility index (Phi) is 4.24. The summed E-state index contributed by atoms with van der Waals surface area (Å²) in [4.78, 5) is 33.1. The molecule has 8 nitrogen and oxygen atoms in total. The van der Waals surface area contributed by atoms with E-state index in [0.717, 1.165) is 11.8 Å².